The molecule has 162 valence electrons. The number of ether oxygens (including phenoxy) is 1. The van der Waals surface area contributed by atoms with Crippen molar-refractivity contribution in [3.63, 3.8) is 0 Å². The molecular weight excluding hydrogens is 394 g/mol. The van der Waals surface area contributed by atoms with Gasteiger partial charge in [-0.15, -0.1) is 11.3 Å². The maximum atomic E-state index is 10.1. The van der Waals surface area contributed by atoms with Crippen LogP contribution in [0.15, 0.2) is 17.5 Å². The van der Waals surface area contributed by atoms with E-state index >= 15 is 0 Å². The van der Waals surface area contributed by atoms with E-state index in [-0.39, 0.29) is 0 Å². The topological polar surface area (TPSA) is 116 Å². The van der Waals surface area contributed by atoms with E-state index in [0.717, 1.165) is 24.3 Å². The Morgan fingerprint density at radius 3 is 2.21 bits per heavy atom. The van der Waals surface area contributed by atoms with Crippen LogP contribution in [0.5, 0.6) is 0 Å². The van der Waals surface area contributed by atoms with Gasteiger partial charge in [0, 0.05) is 18.0 Å². The maximum absolute atomic E-state index is 10.1. The van der Waals surface area contributed by atoms with Gasteiger partial charge >= 0.3 is 11.9 Å². The highest BCUT2D eigenvalue weighted by Gasteiger charge is 2.50. The van der Waals surface area contributed by atoms with Crippen molar-refractivity contribution in [3.8, 4) is 0 Å². The van der Waals surface area contributed by atoms with Crippen LogP contribution in [0.3, 0.4) is 0 Å². The highest BCUT2D eigenvalue weighted by atomic mass is 32.1. The SMILES string of the molecule is O=C(O)C(=O)O.OC(CNCC12CC3CC(CC(C3)C1)C2)COCc1cccs1. The van der Waals surface area contributed by atoms with E-state index in [1.807, 2.05) is 6.07 Å². The number of aliphatic hydroxyl groups is 1. The first-order valence-electron chi connectivity index (χ1n) is 10.3. The molecule has 0 saturated heterocycles. The lowest BCUT2D eigenvalue weighted by molar-refractivity contribution is -0.159. The zero-order valence-corrected chi connectivity index (χ0v) is 17.4. The third-order valence-corrected chi connectivity index (χ3v) is 7.21. The third-order valence-electron chi connectivity index (χ3n) is 6.36. The Labute approximate surface area is 175 Å². The molecule has 1 heterocycles. The Hall–Kier alpha value is -1.48. The molecule has 4 N–H and O–H groups in total. The molecule has 4 saturated carbocycles. The predicted octanol–water partition coefficient (Wildman–Crippen LogP) is 2.59. The molecule has 1 aromatic rings. The first-order valence-corrected chi connectivity index (χ1v) is 11.2. The zero-order valence-electron chi connectivity index (χ0n) is 16.6. The first-order chi connectivity index (χ1) is 13.8. The van der Waals surface area contributed by atoms with Gasteiger partial charge in [0.05, 0.1) is 19.3 Å². The number of carboxylic acid groups (broad SMARTS) is 2. The van der Waals surface area contributed by atoms with Crippen molar-refractivity contribution in [2.45, 2.75) is 51.2 Å². The minimum absolute atomic E-state index is 0.399. The summed E-state index contributed by atoms with van der Waals surface area (Å²) in [5.74, 6) is -0.642. The zero-order chi connectivity index (χ0) is 20.9. The smallest absolute Gasteiger partial charge is 0.414 e. The lowest BCUT2D eigenvalue weighted by atomic mass is 9.49. The molecule has 7 nitrogen and oxygen atoms in total. The summed E-state index contributed by atoms with van der Waals surface area (Å²) in [5.41, 5.74) is 0.548. The molecule has 1 atom stereocenters. The molecule has 4 aliphatic carbocycles. The van der Waals surface area contributed by atoms with Crippen LogP contribution >= 0.6 is 11.3 Å². The number of nitrogens with one attached hydrogen (secondary N) is 1. The fourth-order valence-electron chi connectivity index (χ4n) is 5.76. The van der Waals surface area contributed by atoms with Crippen LogP contribution < -0.4 is 5.32 Å². The number of carbonyl (C=O) groups is 2. The number of hydrogen-bond donors (Lipinski definition) is 4. The second-order valence-electron chi connectivity index (χ2n) is 8.91. The molecule has 29 heavy (non-hydrogen) atoms. The van der Waals surface area contributed by atoms with Gasteiger partial charge in [-0.25, -0.2) is 9.59 Å². The summed E-state index contributed by atoms with van der Waals surface area (Å²) in [5, 5.41) is 30.5. The fraction of sp³-hybridized carbons (Fsp3) is 0.714. The van der Waals surface area contributed by atoms with E-state index in [1.165, 1.54) is 43.4 Å². The van der Waals surface area contributed by atoms with Gasteiger partial charge in [-0.3, -0.25) is 0 Å². The number of carboxylic acids is 2. The summed E-state index contributed by atoms with van der Waals surface area (Å²) in [7, 11) is 0. The first kappa shape index (κ1) is 22.2. The van der Waals surface area contributed by atoms with Gasteiger partial charge in [0.25, 0.3) is 0 Å². The molecule has 5 rings (SSSR count). The van der Waals surface area contributed by atoms with E-state index in [9.17, 15) is 5.11 Å². The average Bonchev–Trinajstić information content (AvgIpc) is 3.14. The van der Waals surface area contributed by atoms with Gasteiger partial charge in [-0.05, 0) is 73.1 Å². The van der Waals surface area contributed by atoms with Crippen LogP contribution in [0.4, 0.5) is 0 Å². The number of thiophene rings is 1. The molecule has 0 aromatic carbocycles. The van der Waals surface area contributed by atoms with Crippen LogP contribution in [0.25, 0.3) is 0 Å². The molecular formula is C21H31NO6S. The van der Waals surface area contributed by atoms with Crippen LogP contribution in [0, 0.1) is 23.2 Å². The molecule has 8 heteroatoms. The van der Waals surface area contributed by atoms with Crippen molar-refractivity contribution in [2.75, 3.05) is 19.7 Å². The van der Waals surface area contributed by atoms with Gasteiger partial charge in [0.1, 0.15) is 0 Å². The Morgan fingerprint density at radius 2 is 1.72 bits per heavy atom. The third kappa shape index (κ3) is 6.50. The molecule has 1 aromatic heterocycles. The maximum Gasteiger partial charge on any atom is 0.414 e. The van der Waals surface area contributed by atoms with Crippen molar-refractivity contribution >= 4 is 23.3 Å². The van der Waals surface area contributed by atoms with E-state index in [4.69, 9.17) is 24.5 Å². The second-order valence-corrected chi connectivity index (χ2v) is 9.94. The average molecular weight is 426 g/mol. The summed E-state index contributed by atoms with van der Waals surface area (Å²) >= 11 is 1.70. The fourth-order valence-corrected chi connectivity index (χ4v) is 6.40. The molecule has 0 amide bonds. The highest BCUT2D eigenvalue weighted by Crippen LogP contribution is 2.59. The van der Waals surface area contributed by atoms with Crippen LogP contribution in [0.1, 0.15) is 43.4 Å². The monoisotopic (exact) mass is 425 g/mol. The van der Waals surface area contributed by atoms with Gasteiger partial charge in [0.2, 0.25) is 0 Å². The molecule has 0 aliphatic heterocycles. The standard InChI is InChI=1S/C19H29NO2S.C2H2O4/c21-17(11-22-12-18-2-1-3-23-18)10-20-13-19-7-14-4-15(8-19)6-16(5-14)9-19;3-1(4)2(5)6/h1-3,14-17,20-21H,4-13H2;(H,3,4)(H,5,6). The summed E-state index contributed by atoms with van der Waals surface area (Å²) in [6.45, 7) is 2.79. The number of rotatable bonds is 8. The van der Waals surface area contributed by atoms with E-state index in [1.54, 1.807) is 11.3 Å². The van der Waals surface area contributed by atoms with Crippen molar-refractivity contribution in [1.29, 1.82) is 0 Å². The van der Waals surface area contributed by atoms with E-state index in [2.05, 4.69) is 16.8 Å². The van der Waals surface area contributed by atoms with E-state index in [0.29, 0.717) is 25.2 Å². The largest absolute Gasteiger partial charge is 0.473 e. The van der Waals surface area contributed by atoms with Gasteiger partial charge < -0.3 is 25.4 Å². The van der Waals surface area contributed by atoms with Crippen molar-refractivity contribution in [2.24, 2.45) is 23.2 Å². The van der Waals surface area contributed by atoms with Gasteiger partial charge in [-0.2, -0.15) is 0 Å². The Morgan fingerprint density at radius 1 is 1.14 bits per heavy atom. The lowest BCUT2D eigenvalue weighted by Gasteiger charge is -2.57. The van der Waals surface area contributed by atoms with Crippen LogP contribution in [-0.2, 0) is 20.9 Å². The molecule has 0 radical (unpaired) electrons. The van der Waals surface area contributed by atoms with E-state index < -0.39 is 18.0 Å². The Balaban J connectivity index is 0.000000353. The minimum atomic E-state index is -1.82. The predicted molar refractivity (Wildman–Crippen MR) is 109 cm³/mol. The number of aliphatic carboxylic acids is 2. The minimum Gasteiger partial charge on any atom is -0.473 e. The highest BCUT2D eigenvalue weighted by molar-refractivity contribution is 7.09. The quantitative estimate of drug-likeness (QED) is 0.473. The van der Waals surface area contributed by atoms with Gasteiger partial charge in [-0.1, -0.05) is 6.07 Å². The summed E-state index contributed by atoms with van der Waals surface area (Å²) in [6.07, 6.45) is 8.38. The van der Waals surface area contributed by atoms with Crippen molar-refractivity contribution in [1.82, 2.24) is 5.32 Å². The van der Waals surface area contributed by atoms with Crippen molar-refractivity contribution in [3.05, 3.63) is 22.4 Å². The number of aliphatic hydroxyl groups excluding tert-OH is 1. The number of hydrogen-bond acceptors (Lipinski definition) is 6. The molecule has 4 fully saturated rings. The summed E-state index contributed by atoms with van der Waals surface area (Å²) in [6, 6.07) is 4.11. The molecule has 0 spiro atoms. The second kappa shape index (κ2) is 10.0. The van der Waals surface area contributed by atoms with Gasteiger partial charge in [0.15, 0.2) is 0 Å². The van der Waals surface area contributed by atoms with Crippen LogP contribution in [-0.4, -0.2) is 53.1 Å². The molecule has 4 bridgehead atoms. The van der Waals surface area contributed by atoms with Crippen LogP contribution in [0.2, 0.25) is 0 Å². The molecule has 1 unspecified atom stereocenters. The lowest BCUT2D eigenvalue weighted by Crippen LogP contribution is -2.51. The van der Waals surface area contributed by atoms with Crippen molar-refractivity contribution < 1.29 is 29.6 Å². The summed E-state index contributed by atoms with van der Waals surface area (Å²) in [4.78, 5) is 19.4. The molecule has 4 aliphatic rings. The normalized spacial score (nSPS) is 30.4. The summed E-state index contributed by atoms with van der Waals surface area (Å²) < 4.78 is 5.61. The Bertz CT molecular complexity index is 629. The Kier molecular flexibility index (Phi) is 7.67.